The second-order valence-electron chi connectivity index (χ2n) is 7.21. The van der Waals surface area contributed by atoms with Gasteiger partial charge >= 0.3 is 0 Å². The Balaban J connectivity index is 1.59. The fourth-order valence-electron chi connectivity index (χ4n) is 3.93. The molecular weight excluding hydrogens is 326 g/mol. The van der Waals surface area contributed by atoms with E-state index in [1.807, 2.05) is 31.2 Å². The normalized spacial score (nSPS) is 19.7. The summed E-state index contributed by atoms with van der Waals surface area (Å²) in [4.78, 5) is 2.40. The highest BCUT2D eigenvalue weighted by Crippen LogP contribution is 2.31. The van der Waals surface area contributed by atoms with Crippen molar-refractivity contribution in [1.29, 1.82) is 0 Å². The van der Waals surface area contributed by atoms with E-state index in [1.54, 1.807) is 6.26 Å². The van der Waals surface area contributed by atoms with Gasteiger partial charge in [0.1, 0.15) is 11.7 Å². The zero-order valence-corrected chi connectivity index (χ0v) is 15.4. The largest absolute Gasteiger partial charge is 0.464 e. The lowest BCUT2D eigenvalue weighted by Gasteiger charge is -2.34. The number of aliphatic hydroxyl groups excluding tert-OH is 1. The van der Waals surface area contributed by atoms with E-state index >= 15 is 0 Å². The molecule has 5 heteroatoms. The van der Waals surface area contributed by atoms with Crippen LogP contribution in [-0.2, 0) is 0 Å². The highest BCUT2D eigenvalue weighted by atomic mass is 16.3. The SMILES string of the molecule is CCN1CCCC(C(O)c2cc(C)c(-c3ccc4occc4c3)nn2)C1. The molecule has 0 spiro atoms. The van der Waals surface area contributed by atoms with Gasteiger partial charge < -0.3 is 14.4 Å². The Hall–Kier alpha value is -2.24. The van der Waals surface area contributed by atoms with Crippen LogP contribution in [0.15, 0.2) is 41.0 Å². The maximum absolute atomic E-state index is 10.8. The Bertz CT molecular complexity index is 905. The van der Waals surface area contributed by atoms with Crippen molar-refractivity contribution in [2.75, 3.05) is 19.6 Å². The second kappa shape index (κ2) is 7.17. The molecule has 2 unspecified atom stereocenters. The summed E-state index contributed by atoms with van der Waals surface area (Å²) in [5.74, 6) is 0.227. The van der Waals surface area contributed by atoms with Gasteiger partial charge in [0, 0.05) is 23.4 Å². The Morgan fingerprint density at radius 1 is 1.27 bits per heavy atom. The van der Waals surface area contributed by atoms with Gasteiger partial charge in [0.25, 0.3) is 0 Å². The van der Waals surface area contributed by atoms with E-state index in [2.05, 4.69) is 28.1 Å². The van der Waals surface area contributed by atoms with E-state index in [0.717, 1.165) is 60.3 Å². The Kier molecular flexibility index (Phi) is 4.74. The first-order valence-corrected chi connectivity index (χ1v) is 9.38. The van der Waals surface area contributed by atoms with Crippen LogP contribution in [0.1, 0.15) is 37.1 Å². The predicted octanol–water partition coefficient (Wildman–Crippen LogP) is 3.96. The molecule has 136 valence electrons. The molecule has 0 radical (unpaired) electrons. The summed E-state index contributed by atoms with van der Waals surface area (Å²) < 4.78 is 5.40. The third-order valence-electron chi connectivity index (χ3n) is 5.47. The van der Waals surface area contributed by atoms with Crippen molar-refractivity contribution in [2.45, 2.75) is 32.8 Å². The monoisotopic (exact) mass is 351 g/mol. The molecule has 1 aliphatic heterocycles. The number of likely N-dealkylation sites (tertiary alicyclic amines) is 1. The standard InChI is InChI=1S/C21H25N3O2/c1-3-24-9-4-5-17(13-24)21(25)18-11-14(2)20(23-22-18)16-6-7-19-15(12-16)8-10-26-19/h6-8,10-12,17,21,25H,3-5,9,13H2,1-2H3. The summed E-state index contributed by atoms with van der Waals surface area (Å²) in [6.07, 6.45) is 3.30. The first-order valence-electron chi connectivity index (χ1n) is 9.38. The summed E-state index contributed by atoms with van der Waals surface area (Å²) in [5, 5.41) is 20.7. The number of piperidine rings is 1. The molecule has 1 aromatic carbocycles. The minimum Gasteiger partial charge on any atom is -0.464 e. The van der Waals surface area contributed by atoms with Gasteiger partial charge in [0.2, 0.25) is 0 Å². The molecule has 0 bridgehead atoms. The molecular formula is C21H25N3O2. The van der Waals surface area contributed by atoms with Crippen molar-refractivity contribution in [3.05, 3.63) is 47.9 Å². The van der Waals surface area contributed by atoms with Crippen molar-refractivity contribution >= 4 is 11.0 Å². The fraction of sp³-hybridized carbons (Fsp3) is 0.429. The van der Waals surface area contributed by atoms with Crippen molar-refractivity contribution in [3.63, 3.8) is 0 Å². The van der Waals surface area contributed by atoms with Crippen LogP contribution in [0.2, 0.25) is 0 Å². The van der Waals surface area contributed by atoms with E-state index < -0.39 is 6.10 Å². The number of benzene rings is 1. The minimum atomic E-state index is -0.555. The van der Waals surface area contributed by atoms with Crippen LogP contribution in [-0.4, -0.2) is 39.8 Å². The molecule has 2 atom stereocenters. The van der Waals surface area contributed by atoms with Crippen molar-refractivity contribution in [3.8, 4) is 11.3 Å². The summed E-state index contributed by atoms with van der Waals surface area (Å²) >= 11 is 0. The van der Waals surface area contributed by atoms with Crippen molar-refractivity contribution < 1.29 is 9.52 Å². The number of fused-ring (bicyclic) bond motifs is 1. The van der Waals surface area contributed by atoms with E-state index in [0.29, 0.717) is 5.69 Å². The number of aromatic nitrogens is 2. The van der Waals surface area contributed by atoms with Crippen LogP contribution in [0, 0.1) is 12.8 Å². The number of hydrogen-bond acceptors (Lipinski definition) is 5. The number of hydrogen-bond donors (Lipinski definition) is 1. The topological polar surface area (TPSA) is 62.4 Å². The number of nitrogens with zero attached hydrogens (tertiary/aromatic N) is 3. The molecule has 5 nitrogen and oxygen atoms in total. The first kappa shape index (κ1) is 17.2. The number of rotatable bonds is 4. The summed E-state index contributed by atoms with van der Waals surface area (Å²) in [5.41, 5.74) is 4.44. The summed E-state index contributed by atoms with van der Waals surface area (Å²) in [6.45, 7) is 7.28. The number of aliphatic hydroxyl groups is 1. The molecule has 3 heterocycles. The predicted molar refractivity (Wildman–Crippen MR) is 102 cm³/mol. The van der Waals surface area contributed by atoms with Crippen LogP contribution < -0.4 is 0 Å². The van der Waals surface area contributed by atoms with Gasteiger partial charge in [0.15, 0.2) is 0 Å². The van der Waals surface area contributed by atoms with Crippen molar-refractivity contribution in [1.82, 2.24) is 15.1 Å². The van der Waals surface area contributed by atoms with E-state index in [-0.39, 0.29) is 5.92 Å². The number of aryl methyl sites for hydroxylation is 1. The lowest BCUT2D eigenvalue weighted by molar-refractivity contribution is 0.0489. The average Bonchev–Trinajstić information content (AvgIpc) is 3.15. The molecule has 1 N–H and O–H groups in total. The Morgan fingerprint density at radius 2 is 2.15 bits per heavy atom. The van der Waals surface area contributed by atoms with Crippen LogP contribution in [0.5, 0.6) is 0 Å². The molecule has 4 rings (SSSR count). The molecule has 1 saturated heterocycles. The highest BCUT2D eigenvalue weighted by Gasteiger charge is 2.27. The maximum Gasteiger partial charge on any atom is 0.133 e. The first-order chi connectivity index (χ1) is 12.7. The molecule has 2 aromatic heterocycles. The van der Waals surface area contributed by atoms with Gasteiger partial charge in [-0.05, 0) is 68.8 Å². The van der Waals surface area contributed by atoms with E-state index in [1.165, 1.54) is 0 Å². The Labute approximate surface area is 153 Å². The zero-order chi connectivity index (χ0) is 18.1. The van der Waals surface area contributed by atoms with Gasteiger partial charge in [-0.25, -0.2) is 0 Å². The Morgan fingerprint density at radius 3 is 2.96 bits per heavy atom. The summed E-state index contributed by atoms with van der Waals surface area (Å²) in [6, 6.07) is 9.95. The van der Waals surface area contributed by atoms with E-state index in [4.69, 9.17) is 4.42 Å². The zero-order valence-electron chi connectivity index (χ0n) is 15.4. The second-order valence-corrected chi connectivity index (χ2v) is 7.21. The van der Waals surface area contributed by atoms with Crippen molar-refractivity contribution in [2.24, 2.45) is 5.92 Å². The van der Waals surface area contributed by atoms with Crippen LogP contribution in [0.4, 0.5) is 0 Å². The molecule has 0 saturated carbocycles. The van der Waals surface area contributed by atoms with E-state index in [9.17, 15) is 5.11 Å². The number of furan rings is 1. The third kappa shape index (κ3) is 3.24. The van der Waals surface area contributed by atoms with Crippen LogP contribution >= 0.6 is 0 Å². The lowest BCUT2D eigenvalue weighted by Crippen LogP contribution is -2.37. The molecule has 0 aliphatic carbocycles. The van der Waals surface area contributed by atoms with Crippen LogP contribution in [0.3, 0.4) is 0 Å². The summed E-state index contributed by atoms with van der Waals surface area (Å²) in [7, 11) is 0. The quantitative estimate of drug-likeness (QED) is 0.771. The lowest BCUT2D eigenvalue weighted by atomic mass is 9.90. The van der Waals surface area contributed by atoms with Gasteiger partial charge in [-0.2, -0.15) is 5.10 Å². The van der Waals surface area contributed by atoms with Gasteiger partial charge in [-0.15, -0.1) is 5.10 Å². The fourth-order valence-corrected chi connectivity index (χ4v) is 3.93. The molecule has 0 amide bonds. The van der Waals surface area contributed by atoms with Gasteiger partial charge in [-0.1, -0.05) is 6.92 Å². The highest BCUT2D eigenvalue weighted by molar-refractivity contribution is 5.83. The van der Waals surface area contributed by atoms with Gasteiger partial charge in [-0.3, -0.25) is 0 Å². The smallest absolute Gasteiger partial charge is 0.133 e. The van der Waals surface area contributed by atoms with Gasteiger partial charge in [0.05, 0.1) is 17.7 Å². The molecule has 3 aromatic rings. The maximum atomic E-state index is 10.8. The molecule has 1 fully saturated rings. The molecule has 26 heavy (non-hydrogen) atoms. The third-order valence-corrected chi connectivity index (χ3v) is 5.47. The van der Waals surface area contributed by atoms with Crippen LogP contribution in [0.25, 0.3) is 22.2 Å². The molecule has 1 aliphatic rings. The minimum absolute atomic E-state index is 0.227. The average molecular weight is 351 g/mol.